The van der Waals surface area contributed by atoms with Gasteiger partial charge in [0.15, 0.2) is 0 Å². The van der Waals surface area contributed by atoms with Crippen molar-refractivity contribution in [1.82, 2.24) is 0 Å². The zero-order valence-electron chi connectivity index (χ0n) is 7.12. The fraction of sp³-hybridized carbons (Fsp3) is 0.250. The minimum atomic E-state index is -1.27. The van der Waals surface area contributed by atoms with E-state index < -0.39 is 18.4 Å². The van der Waals surface area contributed by atoms with Gasteiger partial charge in [-0.2, -0.15) is 0 Å². The monoisotopic (exact) mass is 379 g/mol. The Kier molecular flexibility index (Phi) is 10.8. The molecule has 0 heterocycles. The summed E-state index contributed by atoms with van der Waals surface area (Å²) < 4.78 is 1.22. The summed E-state index contributed by atoms with van der Waals surface area (Å²) in [5, 5.41) is 16.1. The summed E-state index contributed by atoms with van der Waals surface area (Å²) in [5.41, 5.74) is -0.303. The van der Waals surface area contributed by atoms with Crippen molar-refractivity contribution in [2.24, 2.45) is 0 Å². The first-order valence-corrected chi connectivity index (χ1v) is 6.09. The van der Waals surface area contributed by atoms with Crippen molar-refractivity contribution in [2.75, 3.05) is 0 Å². The van der Waals surface area contributed by atoms with Gasteiger partial charge in [-0.15, -0.1) is 0 Å². The number of allylic oxidation sites excluding steroid dienone is 1. The molecule has 0 fully saturated rings. The molecule has 0 amide bonds. The molecule has 0 bridgehead atoms. The van der Waals surface area contributed by atoms with Gasteiger partial charge in [-0.1, -0.05) is 6.58 Å². The van der Waals surface area contributed by atoms with Gasteiger partial charge in [-0.25, -0.2) is 4.79 Å². The van der Waals surface area contributed by atoms with Crippen LogP contribution in [0, 0.1) is 0 Å². The molecule has 3 radical (unpaired) electrons. The maximum absolute atomic E-state index is 9.87. The Morgan fingerprint density at radius 1 is 1.38 bits per heavy atom. The van der Waals surface area contributed by atoms with E-state index in [0.29, 0.717) is 0 Å². The Labute approximate surface area is 92.6 Å². The Bertz CT molecular complexity index is 210. The first kappa shape index (κ1) is 14.8. The summed E-state index contributed by atoms with van der Waals surface area (Å²) in [6, 6.07) is 0. The standard InChI is InChI=1S/C5H6O4.C3H5.Pb/c1-3(5(8)9)2-4(6)7;1-3-2;/h1-2H2,(H,6,7)(H,8,9);3H,1-2H2;. The molecule has 2 N–H and O–H groups in total. The van der Waals surface area contributed by atoms with Crippen LogP contribution in [0.3, 0.4) is 0 Å². The van der Waals surface area contributed by atoms with Crippen molar-refractivity contribution in [2.45, 2.75) is 10.4 Å². The fourth-order valence-electron chi connectivity index (χ4n) is 0.258. The van der Waals surface area contributed by atoms with Crippen molar-refractivity contribution in [3.05, 3.63) is 24.8 Å². The Hall–Kier alpha value is -0.658. The normalized spacial score (nSPS) is 7.77. The van der Waals surface area contributed by atoms with Crippen LogP contribution >= 0.6 is 0 Å². The number of rotatable bonds is 4. The minimum absolute atomic E-state index is 0.303. The Morgan fingerprint density at radius 2 is 1.77 bits per heavy atom. The van der Waals surface area contributed by atoms with Crippen LogP contribution in [-0.2, 0) is 9.59 Å². The molecule has 0 unspecified atom stereocenters. The molecule has 0 saturated heterocycles. The predicted molar refractivity (Wildman–Crippen MR) is 49.8 cm³/mol. The SMILES string of the molecule is C=C(CC(=O)O)C(=O)O.C=C[CH2][Pb]. The van der Waals surface area contributed by atoms with Gasteiger partial charge in [0, 0.05) is 5.57 Å². The molecule has 13 heavy (non-hydrogen) atoms. The maximum atomic E-state index is 9.87. The van der Waals surface area contributed by atoms with Gasteiger partial charge in [-0.05, 0) is 0 Å². The zero-order valence-corrected chi connectivity index (χ0v) is 11.0. The molecule has 71 valence electrons. The molecule has 0 aromatic carbocycles. The molecule has 0 aliphatic heterocycles. The van der Waals surface area contributed by atoms with Gasteiger partial charge in [0.25, 0.3) is 0 Å². The average Bonchev–Trinajstić information content (AvgIpc) is 2.03. The molecule has 0 aliphatic rings. The van der Waals surface area contributed by atoms with Crippen LogP contribution in [0.2, 0.25) is 3.98 Å². The summed E-state index contributed by atoms with van der Waals surface area (Å²) in [4.78, 5) is 19.7. The second-order valence-electron chi connectivity index (χ2n) is 1.97. The molecule has 4 nitrogen and oxygen atoms in total. The summed E-state index contributed by atoms with van der Waals surface area (Å²) >= 11 is 1.27. The van der Waals surface area contributed by atoms with Crippen molar-refractivity contribution in [3.63, 3.8) is 0 Å². The predicted octanol–water partition coefficient (Wildman–Crippen LogP) is 0.861. The molecule has 5 heteroatoms. The van der Waals surface area contributed by atoms with Crippen LogP contribution in [0.25, 0.3) is 0 Å². The second kappa shape index (κ2) is 9.43. The van der Waals surface area contributed by atoms with Gasteiger partial charge >= 0.3 is 54.3 Å². The molecule has 0 aromatic rings. The van der Waals surface area contributed by atoms with Gasteiger partial charge in [0.1, 0.15) is 0 Å². The van der Waals surface area contributed by atoms with E-state index in [1.807, 2.05) is 6.08 Å². The van der Waals surface area contributed by atoms with Crippen LogP contribution in [0.1, 0.15) is 6.42 Å². The van der Waals surface area contributed by atoms with Crippen molar-refractivity contribution in [1.29, 1.82) is 0 Å². The van der Waals surface area contributed by atoms with Gasteiger partial charge in [0.05, 0.1) is 6.42 Å². The topological polar surface area (TPSA) is 74.6 Å². The number of carbonyl (C=O) groups is 2. The Balaban J connectivity index is 0. The van der Waals surface area contributed by atoms with E-state index in [0.717, 1.165) is 0 Å². The van der Waals surface area contributed by atoms with Crippen LogP contribution < -0.4 is 0 Å². The zero-order chi connectivity index (χ0) is 10.9. The molecule has 0 rings (SSSR count). The number of carboxylic acids is 2. The number of hydrogen-bond acceptors (Lipinski definition) is 2. The van der Waals surface area contributed by atoms with Gasteiger partial charge in [-0.3, -0.25) is 4.79 Å². The van der Waals surface area contributed by atoms with E-state index >= 15 is 0 Å². The first-order chi connectivity index (χ1) is 5.95. The van der Waals surface area contributed by atoms with E-state index in [9.17, 15) is 9.59 Å². The molecular formula is C8H11O4Pb. The third-order valence-corrected chi connectivity index (χ3v) is 1.93. The van der Waals surface area contributed by atoms with Crippen molar-refractivity contribution < 1.29 is 19.8 Å². The number of carboxylic acid groups (broad SMARTS) is 2. The van der Waals surface area contributed by atoms with E-state index in [2.05, 4.69) is 13.2 Å². The average molecular weight is 378 g/mol. The van der Waals surface area contributed by atoms with Crippen LogP contribution in [0.5, 0.6) is 0 Å². The fourth-order valence-corrected chi connectivity index (χ4v) is 0.258. The van der Waals surface area contributed by atoms with Gasteiger partial charge < -0.3 is 10.2 Å². The summed E-state index contributed by atoms with van der Waals surface area (Å²) in [6.07, 6.45) is 1.43. The van der Waals surface area contributed by atoms with Crippen LogP contribution in [0.15, 0.2) is 24.8 Å². The van der Waals surface area contributed by atoms with Crippen molar-refractivity contribution >= 4 is 37.7 Å². The first-order valence-electron chi connectivity index (χ1n) is 3.34. The summed E-state index contributed by atoms with van der Waals surface area (Å²) in [6.45, 7) is 6.53. The van der Waals surface area contributed by atoms with E-state index in [-0.39, 0.29) is 5.57 Å². The molecule has 0 spiro atoms. The molecular weight excluding hydrogens is 367 g/mol. The van der Waals surface area contributed by atoms with E-state index in [4.69, 9.17) is 10.2 Å². The molecule has 0 aliphatic carbocycles. The Morgan fingerprint density at radius 3 is 1.85 bits per heavy atom. The third kappa shape index (κ3) is 14.2. The van der Waals surface area contributed by atoms with Crippen LogP contribution in [0.4, 0.5) is 0 Å². The van der Waals surface area contributed by atoms with E-state index in [1.165, 1.54) is 29.7 Å². The third-order valence-electron chi connectivity index (χ3n) is 0.811. The van der Waals surface area contributed by atoms with Crippen LogP contribution in [-0.4, -0.2) is 47.9 Å². The number of aliphatic carboxylic acids is 2. The molecule has 0 aromatic heterocycles. The van der Waals surface area contributed by atoms with Gasteiger partial charge in [0.2, 0.25) is 0 Å². The quantitative estimate of drug-likeness (QED) is 0.432. The molecule has 0 atom stereocenters. The second-order valence-corrected chi connectivity index (χ2v) is 3.56. The number of hydrogen-bond donors (Lipinski definition) is 2. The van der Waals surface area contributed by atoms with Crippen molar-refractivity contribution in [3.8, 4) is 0 Å². The summed E-state index contributed by atoms with van der Waals surface area (Å²) in [5.74, 6) is -2.44. The summed E-state index contributed by atoms with van der Waals surface area (Å²) in [7, 11) is 0. The van der Waals surface area contributed by atoms with E-state index in [1.54, 1.807) is 0 Å². The molecule has 0 saturated carbocycles.